The highest BCUT2D eigenvalue weighted by atomic mass is 16.5. The number of pyridine rings is 1. The first-order valence-electron chi connectivity index (χ1n) is 7.82. The highest BCUT2D eigenvalue weighted by Crippen LogP contribution is 2.18. The number of aromatic nitrogens is 5. The fraction of sp³-hybridized carbons (Fsp3) is 0.294. The molecule has 0 aliphatic heterocycles. The summed E-state index contributed by atoms with van der Waals surface area (Å²) in [5, 5.41) is 22.2. The molecule has 2 aromatic heterocycles. The first kappa shape index (κ1) is 17.0. The second-order valence-corrected chi connectivity index (χ2v) is 5.39. The van der Waals surface area contributed by atoms with Gasteiger partial charge in [0.25, 0.3) is 0 Å². The van der Waals surface area contributed by atoms with E-state index in [2.05, 4.69) is 20.4 Å². The molecule has 3 aromatic rings. The lowest BCUT2D eigenvalue weighted by molar-refractivity contribution is 0.0159. The summed E-state index contributed by atoms with van der Waals surface area (Å²) >= 11 is 0. The predicted molar refractivity (Wildman–Crippen MR) is 89.7 cm³/mol. The summed E-state index contributed by atoms with van der Waals surface area (Å²) in [4.78, 5) is 5.36. The summed E-state index contributed by atoms with van der Waals surface area (Å²) in [6.07, 6.45) is 2.59. The van der Waals surface area contributed by atoms with Gasteiger partial charge in [-0.05, 0) is 23.4 Å². The number of ether oxygens (including phenoxy) is 2. The Morgan fingerprint density at radius 2 is 2.08 bits per heavy atom. The minimum absolute atomic E-state index is 0.155. The van der Waals surface area contributed by atoms with E-state index in [0.717, 1.165) is 16.9 Å². The first-order chi connectivity index (χ1) is 12.3. The molecule has 1 aromatic carbocycles. The van der Waals surface area contributed by atoms with E-state index in [1.165, 1.54) is 4.80 Å². The summed E-state index contributed by atoms with van der Waals surface area (Å²) in [7, 11) is 1.61. The number of hydrogen-bond donors (Lipinski definition) is 1. The van der Waals surface area contributed by atoms with E-state index < -0.39 is 6.10 Å². The van der Waals surface area contributed by atoms with Crippen molar-refractivity contribution in [3.05, 3.63) is 54.4 Å². The molecule has 1 atom stereocenters. The lowest BCUT2D eigenvalue weighted by Crippen LogP contribution is -2.23. The van der Waals surface area contributed by atoms with E-state index in [9.17, 15) is 5.11 Å². The maximum atomic E-state index is 10.1. The van der Waals surface area contributed by atoms with Gasteiger partial charge >= 0.3 is 0 Å². The maximum absolute atomic E-state index is 10.1. The molecule has 0 spiro atoms. The van der Waals surface area contributed by atoms with Crippen LogP contribution in [0.25, 0.3) is 11.4 Å². The van der Waals surface area contributed by atoms with Crippen molar-refractivity contribution in [1.82, 2.24) is 25.2 Å². The fourth-order valence-electron chi connectivity index (χ4n) is 2.30. The third kappa shape index (κ3) is 4.59. The Hall–Kier alpha value is -2.84. The smallest absolute Gasteiger partial charge is 0.206 e. The molecule has 0 aliphatic carbocycles. The van der Waals surface area contributed by atoms with Crippen LogP contribution in [-0.2, 0) is 17.9 Å². The molecule has 1 N–H and O–H groups in total. The van der Waals surface area contributed by atoms with Crippen molar-refractivity contribution in [2.24, 2.45) is 0 Å². The van der Waals surface area contributed by atoms with Crippen LogP contribution >= 0.6 is 0 Å². The zero-order valence-corrected chi connectivity index (χ0v) is 13.8. The predicted octanol–water partition coefficient (Wildman–Crippen LogP) is 1.32. The zero-order valence-electron chi connectivity index (χ0n) is 13.8. The minimum Gasteiger partial charge on any atom is -0.496 e. The number of methoxy groups -OCH3 is 1. The largest absolute Gasteiger partial charge is 0.496 e. The molecule has 8 nitrogen and oxygen atoms in total. The molecular formula is C17H19N5O3. The number of nitrogens with zero attached hydrogens (tertiary/aromatic N) is 5. The van der Waals surface area contributed by atoms with Crippen LogP contribution in [0.2, 0.25) is 0 Å². The maximum Gasteiger partial charge on any atom is 0.206 e. The molecule has 0 bridgehead atoms. The van der Waals surface area contributed by atoms with Crippen LogP contribution in [0.1, 0.15) is 5.56 Å². The molecule has 1 unspecified atom stereocenters. The average molecular weight is 341 g/mol. The highest BCUT2D eigenvalue weighted by molar-refractivity contribution is 5.51. The second kappa shape index (κ2) is 8.32. The normalized spacial score (nSPS) is 12.1. The molecule has 2 heterocycles. The van der Waals surface area contributed by atoms with E-state index in [4.69, 9.17) is 9.47 Å². The standard InChI is InChI=1S/C17H19N5O3/c1-24-16-7-3-2-5-14(16)11-25-12-15(23)10-22-20-17(19-21-22)13-6-4-8-18-9-13/h2-9,15,23H,10-12H2,1H3. The number of hydrogen-bond acceptors (Lipinski definition) is 7. The van der Waals surface area contributed by atoms with Gasteiger partial charge in [-0.15, -0.1) is 10.2 Å². The summed E-state index contributed by atoms with van der Waals surface area (Å²) in [5.41, 5.74) is 1.70. The summed E-state index contributed by atoms with van der Waals surface area (Å²) in [6, 6.07) is 11.3. The van der Waals surface area contributed by atoms with Gasteiger partial charge in [0.1, 0.15) is 5.75 Å². The van der Waals surface area contributed by atoms with Gasteiger partial charge < -0.3 is 14.6 Å². The Kier molecular flexibility index (Phi) is 5.65. The third-order valence-corrected chi connectivity index (χ3v) is 3.51. The Balaban J connectivity index is 1.50. The summed E-state index contributed by atoms with van der Waals surface area (Å²) < 4.78 is 10.8. The van der Waals surface area contributed by atoms with Crippen molar-refractivity contribution < 1.29 is 14.6 Å². The number of aliphatic hydroxyl groups is 1. The van der Waals surface area contributed by atoms with Crippen LogP contribution in [-0.4, -0.2) is 50.1 Å². The molecule has 0 saturated heterocycles. The minimum atomic E-state index is -0.745. The second-order valence-electron chi connectivity index (χ2n) is 5.39. The van der Waals surface area contributed by atoms with Gasteiger partial charge in [-0.3, -0.25) is 4.98 Å². The molecule has 0 saturated carbocycles. The Morgan fingerprint density at radius 3 is 2.88 bits per heavy atom. The van der Waals surface area contributed by atoms with Crippen LogP contribution in [0.3, 0.4) is 0 Å². The molecule has 0 amide bonds. The molecular weight excluding hydrogens is 322 g/mol. The Labute approximate surface area is 145 Å². The van der Waals surface area contributed by atoms with Crippen molar-refractivity contribution in [2.45, 2.75) is 19.3 Å². The van der Waals surface area contributed by atoms with Crippen molar-refractivity contribution >= 4 is 0 Å². The van der Waals surface area contributed by atoms with E-state index in [0.29, 0.717) is 12.4 Å². The molecule has 8 heteroatoms. The monoisotopic (exact) mass is 341 g/mol. The Morgan fingerprint density at radius 1 is 1.20 bits per heavy atom. The molecule has 0 fully saturated rings. The van der Waals surface area contributed by atoms with Crippen LogP contribution in [0.4, 0.5) is 0 Å². The van der Waals surface area contributed by atoms with Gasteiger partial charge in [0, 0.05) is 23.5 Å². The molecule has 3 rings (SSSR count). The number of tetrazole rings is 1. The molecule has 130 valence electrons. The van der Waals surface area contributed by atoms with Crippen LogP contribution in [0.15, 0.2) is 48.8 Å². The molecule has 0 aliphatic rings. The lowest BCUT2D eigenvalue weighted by Gasteiger charge is -2.12. The summed E-state index contributed by atoms with van der Waals surface area (Å²) in [5.74, 6) is 1.23. The Bertz CT molecular complexity index is 794. The van der Waals surface area contributed by atoms with Gasteiger partial charge in [0.15, 0.2) is 0 Å². The molecule has 25 heavy (non-hydrogen) atoms. The number of rotatable bonds is 8. The van der Waals surface area contributed by atoms with Crippen molar-refractivity contribution in [2.75, 3.05) is 13.7 Å². The van der Waals surface area contributed by atoms with Gasteiger partial charge in [-0.2, -0.15) is 4.80 Å². The van der Waals surface area contributed by atoms with Crippen LogP contribution in [0.5, 0.6) is 5.75 Å². The first-order valence-corrected chi connectivity index (χ1v) is 7.82. The van der Waals surface area contributed by atoms with Crippen LogP contribution in [0, 0.1) is 0 Å². The van der Waals surface area contributed by atoms with Gasteiger partial charge in [0.2, 0.25) is 5.82 Å². The van der Waals surface area contributed by atoms with Gasteiger partial charge in [-0.1, -0.05) is 18.2 Å². The third-order valence-electron chi connectivity index (χ3n) is 3.51. The van der Waals surface area contributed by atoms with E-state index in [1.54, 1.807) is 25.6 Å². The van der Waals surface area contributed by atoms with Crippen LogP contribution < -0.4 is 4.74 Å². The van der Waals surface area contributed by atoms with E-state index in [-0.39, 0.29) is 13.2 Å². The number of para-hydroxylation sites is 1. The number of benzene rings is 1. The zero-order chi connectivity index (χ0) is 17.5. The molecule has 0 radical (unpaired) electrons. The fourth-order valence-corrected chi connectivity index (χ4v) is 2.30. The van der Waals surface area contributed by atoms with Crippen molar-refractivity contribution in [3.8, 4) is 17.1 Å². The van der Waals surface area contributed by atoms with Crippen molar-refractivity contribution in [3.63, 3.8) is 0 Å². The average Bonchev–Trinajstić information content (AvgIpc) is 3.11. The highest BCUT2D eigenvalue weighted by Gasteiger charge is 2.11. The van der Waals surface area contributed by atoms with Gasteiger partial charge in [0.05, 0.1) is 33.0 Å². The quantitative estimate of drug-likeness (QED) is 0.660. The van der Waals surface area contributed by atoms with E-state index >= 15 is 0 Å². The number of aliphatic hydroxyl groups excluding tert-OH is 1. The topological polar surface area (TPSA) is 95.2 Å². The van der Waals surface area contributed by atoms with Gasteiger partial charge in [-0.25, -0.2) is 0 Å². The van der Waals surface area contributed by atoms with Crippen molar-refractivity contribution in [1.29, 1.82) is 0 Å². The summed E-state index contributed by atoms with van der Waals surface area (Å²) in [6.45, 7) is 0.702. The van der Waals surface area contributed by atoms with E-state index in [1.807, 2.05) is 30.3 Å². The lowest BCUT2D eigenvalue weighted by atomic mass is 10.2. The SMILES string of the molecule is COc1ccccc1COCC(O)Cn1nnc(-c2cccnc2)n1.